The fraction of sp³-hybridized carbons (Fsp3) is 0.176. The molecule has 26 heavy (non-hydrogen) atoms. The quantitative estimate of drug-likeness (QED) is 0.881. The molecule has 1 unspecified atom stereocenters. The summed E-state index contributed by atoms with van der Waals surface area (Å²) in [7, 11) is -4.15. The van der Waals surface area contributed by atoms with Gasteiger partial charge in [-0.25, -0.2) is 9.40 Å². The van der Waals surface area contributed by atoms with Crippen LogP contribution in [0.3, 0.4) is 0 Å². The Morgan fingerprint density at radius 3 is 2.58 bits per heavy atom. The minimum absolute atomic E-state index is 0.0451. The van der Waals surface area contributed by atoms with Gasteiger partial charge < -0.3 is 4.18 Å². The van der Waals surface area contributed by atoms with Gasteiger partial charge in [0.25, 0.3) is 0 Å². The minimum Gasteiger partial charge on any atom is -0.371 e. The van der Waals surface area contributed by atoms with E-state index in [1.807, 2.05) is 0 Å². The summed E-state index contributed by atoms with van der Waals surface area (Å²) in [6.07, 6.45) is 0.393. The van der Waals surface area contributed by atoms with Crippen LogP contribution in [0.25, 0.3) is 0 Å². The lowest BCUT2D eigenvalue weighted by atomic mass is 9.98. The van der Waals surface area contributed by atoms with Crippen molar-refractivity contribution >= 4 is 21.9 Å². The zero-order chi connectivity index (χ0) is 18.9. The molecule has 0 radical (unpaired) electrons. The van der Waals surface area contributed by atoms with Crippen molar-refractivity contribution in [1.29, 1.82) is 0 Å². The van der Waals surface area contributed by atoms with Gasteiger partial charge in [-0.2, -0.15) is 18.7 Å². The molecule has 0 spiro atoms. The van der Waals surface area contributed by atoms with Gasteiger partial charge in [0.1, 0.15) is 11.6 Å². The molecule has 1 amide bonds. The minimum atomic E-state index is -4.15. The van der Waals surface area contributed by atoms with Crippen LogP contribution in [0, 0.1) is 5.82 Å². The van der Waals surface area contributed by atoms with Crippen LogP contribution in [0.5, 0.6) is 5.75 Å². The number of hydrazone groups is 1. The lowest BCUT2D eigenvalue weighted by Crippen LogP contribution is -2.24. The third kappa shape index (κ3) is 4.06. The maximum Gasteiger partial charge on any atom is 0.380 e. The Bertz CT molecular complexity index is 974. The van der Waals surface area contributed by atoms with E-state index in [0.717, 1.165) is 0 Å². The van der Waals surface area contributed by atoms with E-state index in [-0.39, 0.29) is 17.5 Å². The highest BCUT2D eigenvalue weighted by Crippen LogP contribution is 2.34. The maximum atomic E-state index is 13.1. The van der Waals surface area contributed by atoms with E-state index in [1.54, 1.807) is 24.3 Å². The Morgan fingerprint density at radius 1 is 1.27 bits per heavy atom. The summed E-state index contributed by atoms with van der Waals surface area (Å²) in [6, 6.07) is 11.7. The Kier molecular flexibility index (Phi) is 4.75. The molecule has 7 nitrogen and oxygen atoms in total. The second-order valence-electron chi connectivity index (χ2n) is 5.79. The molecular weight excluding hydrogens is 361 g/mol. The molecule has 0 aromatic heterocycles. The lowest BCUT2D eigenvalue weighted by Gasteiger charge is -2.20. The van der Waals surface area contributed by atoms with Crippen LogP contribution < -0.4 is 9.32 Å². The first-order valence-electron chi connectivity index (χ1n) is 7.68. The number of nitrogens with two attached hydrogens (primary N) is 1. The number of carbonyl (C=O) groups excluding carboxylic acids is 1. The lowest BCUT2D eigenvalue weighted by molar-refractivity contribution is -0.130. The molecule has 0 aliphatic carbocycles. The highest BCUT2D eigenvalue weighted by atomic mass is 32.2. The highest BCUT2D eigenvalue weighted by Gasteiger charge is 2.31. The molecule has 2 aromatic rings. The van der Waals surface area contributed by atoms with E-state index in [4.69, 9.17) is 5.14 Å². The van der Waals surface area contributed by atoms with Crippen molar-refractivity contribution in [2.75, 3.05) is 0 Å². The van der Waals surface area contributed by atoms with Crippen molar-refractivity contribution in [1.82, 2.24) is 5.01 Å². The third-order valence-electron chi connectivity index (χ3n) is 3.87. The Balaban J connectivity index is 1.92. The molecule has 1 aliphatic heterocycles. The predicted molar refractivity (Wildman–Crippen MR) is 93.0 cm³/mol. The Morgan fingerprint density at radius 2 is 1.96 bits per heavy atom. The number of hydrogen-bond acceptors (Lipinski definition) is 5. The summed E-state index contributed by atoms with van der Waals surface area (Å²) < 4.78 is 40.0. The maximum absolute atomic E-state index is 13.1. The molecule has 0 saturated heterocycles. The second-order valence-corrected chi connectivity index (χ2v) is 6.94. The summed E-state index contributed by atoms with van der Waals surface area (Å²) in [4.78, 5) is 12.0. The Labute approximate surface area is 150 Å². The van der Waals surface area contributed by atoms with Crippen LogP contribution >= 0.6 is 0 Å². The zero-order valence-electron chi connectivity index (χ0n) is 13.8. The fourth-order valence-corrected chi connectivity index (χ4v) is 3.16. The van der Waals surface area contributed by atoms with Crippen molar-refractivity contribution in [3.8, 4) is 5.75 Å². The SMILES string of the molecule is CC(=O)N1N=C(c2ccc(F)cc2)CC1c1cccc(OS(N)(=O)=O)c1. The van der Waals surface area contributed by atoms with Crippen LogP contribution in [-0.2, 0) is 15.1 Å². The smallest absolute Gasteiger partial charge is 0.371 e. The number of halogens is 1. The topological polar surface area (TPSA) is 102 Å². The highest BCUT2D eigenvalue weighted by molar-refractivity contribution is 7.84. The van der Waals surface area contributed by atoms with Crippen molar-refractivity contribution in [2.45, 2.75) is 19.4 Å². The first-order valence-corrected chi connectivity index (χ1v) is 9.15. The number of hydrogen-bond donors (Lipinski definition) is 1. The predicted octanol–water partition coefficient (Wildman–Crippen LogP) is 2.11. The van der Waals surface area contributed by atoms with Gasteiger partial charge in [-0.15, -0.1) is 0 Å². The summed E-state index contributed by atoms with van der Waals surface area (Å²) in [5.41, 5.74) is 1.97. The number of benzene rings is 2. The van der Waals surface area contributed by atoms with Crippen LogP contribution in [0.2, 0.25) is 0 Å². The molecule has 2 N–H and O–H groups in total. The molecule has 2 aromatic carbocycles. The van der Waals surface area contributed by atoms with Gasteiger partial charge in [0.05, 0.1) is 11.8 Å². The van der Waals surface area contributed by atoms with Gasteiger partial charge in [-0.05, 0) is 35.4 Å². The average molecular weight is 377 g/mol. The van der Waals surface area contributed by atoms with Gasteiger partial charge >= 0.3 is 10.3 Å². The first kappa shape index (κ1) is 18.0. The Hall–Kier alpha value is -2.78. The van der Waals surface area contributed by atoms with Crippen molar-refractivity contribution in [2.24, 2.45) is 10.2 Å². The fourth-order valence-electron chi connectivity index (χ4n) is 2.78. The first-order chi connectivity index (χ1) is 12.2. The van der Waals surface area contributed by atoms with E-state index >= 15 is 0 Å². The van der Waals surface area contributed by atoms with Crippen LogP contribution in [0.4, 0.5) is 4.39 Å². The summed E-state index contributed by atoms with van der Waals surface area (Å²) in [5, 5.41) is 10.5. The van der Waals surface area contributed by atoms with Gasteiger partial charge in [0.2, 0.25) is 5.91 Å². The number of carbonyl (C=O) groups is 1. The van der Waals surface area contributed by atoms with E-state index in [1.165, 1.54) is 36.2 Å². The van der Waals surface area contributed by atoms with Gasteiger partial charge in [0, 0.05) is 13.3 Å². The zero-order valence-corrected chi connectivity index (χ0v) is 14.6. The van der Waals surface area contributed by atoms with Crippen LogP contribution in [-0.4, -0.2) is 25.0 Å². The molecular formula is C17H16FN3O4S. The third-order valence-corrected chi connectivity index (χ3v) is 4.29. The molecule has 0 saturated carbocycles. The number of amides is 1. The van der Waals surface area contributed by atoms with Crippen molar-refractivity contribution < 1.29 is 21.8 Å². The second kappa shape index (κ2) is 6.85. The molecule has 9 heteroatoms. The van der Waals surface area contributed by atoms with Gasteiger partial charge in [0.15, 0.2) is 0 Å². The number of rotatable bonds is 4. The van der Waals surface area contributed by atoms with Crippen LogP contribution in [0.15, 0.2) is 53.6 Å². The normalized spacial score (nSPS) is 17.1. The van der Waals surface area contributed by atoms with Crippen molar-refractivity contribution in [3.63, 3.8) is 0 Å². The summed E-state index contributed by atoms with van der Waals surface area (Å²) in [5.74, 6) is -0.589. The van der Waals surface area contributed by atoms with E-state index < -0.39 is 16.3 Å². The number of nitrogens with zero attached hydrogens (tertiary/aromatic N) is 2. The molecule has 1 aliphatic rings. The van der Waals surface area contributed by atoms with E-state index in [9.17, 15) is 17.6 Å². The van der Waals surface area contributed by atoms with E-state index in [0.29, 0.717) is 23.3 Å². The van der Waals surface area contributed by atoms with Gasteiger partial charge in [-0.1, -0.05) is 24.3 Å². The van der Waals surface area contributed by atoms with Gasteiger partial charge in [-0.3, -0.25) is 4.79 Å². The molecule has 3 rings (SSSR count). The van der Waals surface area contributed by atoms with Crippen molar-refractivity contribution in [3.05, 3.63) is 65.5 Å². The van der Waals surface area contributed by atoms with Crippen LogP contribution in [0.1, 0.15) is 30.5 Å². The summed E-state index contributed by atoms with van der Waals surface area (Å²) in [6.45, 7) is 1.38. The molecule has 0 bridgehead atoms. The molecule has 1 heterocycles. The largest absolute Gasteiger partial charge is 0.380 e. The van der Waals surface area contributed by atoms with E-state index in [2.05, 4.69) is 9.28 Å². The molecule has 0 fully saturated rings. The molecule has 136 valence electrons. The summed E-state index contributed by atoms with van der Waals surface area (Å²) >= 11 is 0. The molecule has 1 atom stereocenters. The standard InChI is InChI=1S/C17H16FN3O4S/c1-11(22)21-17(10-16(20-21)12-5-7-14(18)8-6-12)13-3-2-4-15(9-13)25-26(19,23)24/h2-9,17H,10H2,1H3,(H2,19,23,24). The average Bonchev–Trinajstić information content (AvgIpc) is 3.00. The monoisotopic (exact) mass is 377 g/mol.